The SMILES string of the molecule is CC[C@H](C)c1ccc(NC(=O)[C@@]2(C)Cc3ccccc3C(=O)O2)cc1. The Morgan fingerprint density at radius 1 is 1.20 bits per heavy atom. The first-order valence-corrected chi connectivity index (χ1v) is 8.65. The van der Waals surface area contributed by atoms with E-state index in [1.807, 2.05) is 36.4 Å². The van der Waals surface area contributed by atoms with Crippen LogP contribution in [0.3, 0.4) is 0 Å². The summed E-state index contributed by atoms with van der Waals surface area (Å²) < 4.78 is 5.46. The van der Waals surface area contributed by atoms with Crippen molar-refractivity contribution >= 4 is 17.6 Å². The Morgan fingerprint density at radius 3 is 2.56 bits per heavy atom. The lowest BCUT2D eigenvalue weighted by Gasteiger charge is -2.33. The third kappa shape index (κ3) is 3.43. The van der Waals surface area contributed by atoms with Gasteiger partial charge in [0.05, 0.1) is 5.56 Å². The number of ether oxygens (including phenoxy) is 1. The third-order valence-corrected chi connectivity index (χ3v) is 4.91. The van der Waals surface area contributed by atoms with Gasteiger partial charge in [0.25, 0.3) is 5.91 Å². The van der Waals surface area contributed by atoms with Crippen LogP contribution < -0.4 is 5.32 Å². The lowest BCUT2D eigenvalue weighted by Crippen LogP contribution is -2.48. The van der Waals surface area contributed by atoms with E-state index in [0.717, 1.165) is 12.0 Å². The van der Waals surface area contributed by atoms with Crippen molar-refractivity contribution in [2.45, 2.75) is 45.1 Å². The molecule has 2 atom stereocenters. The van der Waals surface area contributed by atoms with E-state index in [9.17, 15) is 9.59 Å². The molecule has 130 valence electrons. The Morgan fingerprint density at radius 2 is 1.88 bits per heavy atom. The summed E-state index contributed by atoms with van der Waals surface area (Å²) in [5, 5.41) is 2.87. The quantitative estimate of drug-likeness (QED) is 0.846. The van der Waals surface area contributed by atoms with E-state index in [-0.39, 0.29) is 5.91 Å². The van der Waals surface area contributed by atoms with Crippen LogP contribution in [0.1, 0.15) is 54.6 Å². The number of hydrogen-bond donors (Lipinski definition) is 1. The zero-order valence-corrected chi connectivity index (χ0v) is 14.8. The molecule has 25 heavy (non-hydrogen) atoms. The minimum absolute atomic E-state index is 0.313. The molecule has 1 heterocycles. The third-order valence-electron chi connectivity index (χ3n) is 4.91. The highest BCUT2D eigenvalue weighted by molar-refractivity contribution is 6.02. The number of cyclic esters (lactones) is 1. The summed E-state index contributed by atoms with van der Waals surface area (Å²) in [6, 6.07) is 15.1. The van der Waals surface area contributed by atoms with Gasteiger partial charge in [-0.15, -0.1) is 0 Å². The molecular formula is C21H23NO3. The maximum Gasteiger partial charge on any atom is 0.339 e. The number of rotatable bonds is 4. The fraction of sp³-hybridized carbons (Fsp3) is 0.333. The second kappa shape index (κ2) is 6.71. The minimum atomic E-state index is -1.21. The van der Waals surface area contributed by atoms with Gasteiger partial charge in [0.1, 0.15) is 0 Å². The Kier molecular flexibility index (Phi) is 4.62. The molecule has 0 aliphatic carbocycles. The topological polar surface area (TPSA) is 55.4 Å². The van der Waals surface area contributed by atoms with Crippen LogP contribution >= 0.6 is 0 Å². The zero-order valence-electron chi connectivity index (χ0n) is 14.8. The van der Waals surface area contributed by atoms with Gasteiger partial charge in [-0.25, -0.2) is 4.79 Å². The number of anilines is 1. The molecular weight excluding hydrogens is 314 g/mol. The highest BCUT2D eigenvalue weighted by Crippen LogP contribution is 2.29. The molecule has 1 aliphatic rings. The maximum absolute atomic E-state index is 12.7. The molecule has 0 bridgehead atoms. The molecule has 2 aromatic rings. The maximum atomic E-state index is 12.7. The molecule has 2 aromatic carbocycles. The van der Waals surface area contributed by atoms with Gasteiger partial charge in [-0.2, -0.15) is 0 Å². The molecule has 4 heteroatoms. The van der Waals surface area contributed by atoms with E-state index in [1.165, 1.54) is 5.56 Å². The van der Waals surface area contributed by atoms with Crippen molar-refractivity contribution in [1.29, 1.82) is 0 Å². The smallest absolute Gasteiger partial charge is 0.339 e. The van der Waals surface area contributed by atoms with Crippen LogP contribution in [0.15, 0.2) is 48.5 Å². The summed E-state index contributed by atoms with van der Waals surface area (Å²) in [6.07, 6.45) is 1.44. The van der Waals surface area contributed by atoms with Gasteiger partial charge in [-0.1, -0.05) is 44.2 Å². The van der Waals surface area contributed by atoms with Gasteiger partial charge in [-0.3, -0.25) is 4.79 Å². The van der Waals surface area contributed by atoms with E-state index in [0.29, 0.717) is 23.6 Å². The molecule has 3 rings (SSSR count). The Hall–Kier alpha value is -2.62. The van der Waals surface area contributed by atoms with Crippen molar-refractivity contribution in [2.75, 3.05) is 5.32 Å². The van der Waals surface area contributed by atoms with Crippen molar-refractivity contribution in [3.8, 4) is 0 Å². The first kappa shape index (κ1) is 17.2. The molecule has 0 saturated carbocycles. The second-order valence-corrected chi connectivity index (χ2v) is 6.84. The largest absolute Gasteiger partial charge is 0.445 e. The van der Waals surface area contributed by atoms with E-state index in [1.54, 1.807) is 19.1 Å². The van der Waals surface area contributed by atoms with Gasteiger partial charge in [-0.05, 0) is 48.6 Å². The molecule has 0 fully saturated rings. The van der Waals surface area contributed by atoms with Gasteiger partial charge < -0.3 is 10.1 Å². The number of amides is 1. The minimum Gasteiger partial charge on any atom is -0.445 e. The molecule has 1 amide bonds. The van der Waals surface area contributed by atoms with E-state index in [2.05, 4.69) is 19.2 Å². The number of esters is 1. The van der Waals surface area contributed by atoms with Crippen LogP contribution in [-0.2, 0) is 16.0 Å². The number of nitrogens with one attached hydrogen (secondary N) is 1. The number of benzene rings is 2. The van der Waals surface area contributed by atoms with Crippen molar-refractivity contribution in [3.05, 3.63) is 65.2 Å². The summed E-state index contributed by atoms with van der Waals surface area (Å²) in [5.74, 6) is -0.281. The van der Waals surface area contributed by atoms with Crippen LogP contribution in [0.25, 0.3) is 0 Å². The lowest BCUT2D eigenvalue weighted by atomic mass is 9.89. The van der Waals surface area contributed by atoms with Gasteiger partial charge in [0.2, 0.25) is 0 Å². The first-order valence-electron chi connectivity index (χ1n) is 8.65. The Bertz CT molecular complexity index is 797. The highest BCUT2D eigenvalue weighted by Gasteiger charge is 2.42. The molecule has 0 aromatic heterocycles. The highest BCUT2D eigenvalue weighted by atomic mass is 16.6. The summed E-state index contributed by atoms with van der Waals surface area (Å²) >= 11 is 0. The number of hydrogen-bond acceptors (Lipinski definition) is 3. The van der Waals surface area contributed by atoms with E-state index >= 15 is 0 Å². The summed E-state index contributed by atoms with van der Waals surface area (Å²) in [7, 11) is 0. The number of fused-ring (bicyclic) bond motifs is 1. The fourth-order valence-corrected chi connectivity index (χ4v) is 3.05. The predicted molar refractivity (Wildman–Crippen MR) is 97.7 cm³/mol. The molecule has 0 spiro atoms. The van der Waals surface area contributed by atoms with Crippen LogP contribution in [0, 0.1) is 0 Å². The Labute approximate surface area is 148 Å². The van der Waals surface area contributed by atoms with Crippen LogP contribution in [0.5, 0.6) is 0 Å². The van der Waals surface area contributed by atoms with Crippen molar-refractivity contribution in [3.63, 3.8) is 0 Å². The van der Waals surface area contributed by atoms with Crippen LogP contribution in [-0.4, -0.2) is 17.5 Å². The monoisotopic (exact) mass is 337 g/mol. The normalized spacial score (nSPS) is 20.4. The lowest BCUT2D eigenvalue weighted by molar-refractivity contribution is -0.134. The number of carbonyl (C=O) groups is 2. The molecule has 0 radical (unpaired) electrons. The van der Waals surface area contributed by atoms with E-state index in [4.69, 9.17) is 4.74 Å². The van der Waals surface area contributed by atoms with Crippen molar-refractivity contribution in [1.82, 2.24) is 0 Å². The van der Waals surface area contributed by atoms with Gasteiger partial charge in [0, 0.05) is 12.1 Å². The molecule has 4 nitrogen and oxygen atoms in total. The van der Waals surface area contributed by atoms with Gasteiger partial charge >= 0.3 is 5.97 Å². The van der Waals surface area contributed by atoms with E-state index < -0.39 is 11.6 Å². The average Bonchev–Trinajstić information content (AvgIpc) is 2.61. The number of carbonyl (C=O) groups excluding carboxylic acids is 2. The van der Waals surface area contributed by atoms with Crippen molar-refractivity contribution < 1.29 is 14.3 Å². The predicted octanol–water partition coefficient (Wildman–Crippen LogP) is 4.31. The fourth-order valence-electron chi connectivity index (χ4n) is 3.05. The summed E-state index contributed by atoms with van der Waals surface area (Å²) in [5.41, 5.74) is 2.10. The molecule has 0 unspecified atom stereocenters. The first-order chi connectivity index (χ1) is 11.9. The molecule has 1 N–H and O–H groups in total. The summed E-state index contributed by atoms with van der Waals surface area (Å²) in [4.78, 5) is 24.9. The Balaban J connectivity index is 1.76. The zero-order chi connectivity index (χ0) is 18.0. The molecule has 1 aliphatic heterocycles. The van der Waals surface area contributed by atoms with Crippen LogP contribution in [0.2, 0.25) is 0 Å². The molecule has 0 saturated heterocycles. The summed E-state index contributed by atoms with van der Waals surface area (Å²) in [6.45, 7) is 5.98. The van der Waals surface area contributed by atoms with Crippen molar-refractivity contribution in [2.24, 2.45) is 0 Å². The second-order valence-electron chi connectivity index (χ2n) is 6.84. The average molecular weight is 337 g/mol. The van der Waals surface area contributed by atoms with Crippen LogP contribution in [0.4, 0.5) is 5.69 Å². The van der Waals surface area contributed by atoms with Gasteiger partial charge in [0.15, 0.2) is 5.60 Å². The standard InChI is InChI=1S/C21H23NO3/c1-4-14(2)15-9-11-17(12-10-15)22-20(24)21(3)13-16-7-5-6-8-18(16)19(23)25-21/h5-12,14H,4,13H2,1-3H3,(H,22,24)/t14-,21+/m0/s1.